The highest BCUT2D eigenvalue weighted by atomic mass is 35.5. The van der Waals surface area contributed by atoms with E-state index in [9.17, 15) is 9.90 Å². The second-order valence-electron chi connectivity index (χ2n) is 6.81. The maximum atomic E-state index is 12.8. The summed E-state index contributed by atoms with van der Waals surface area (Å²) in [6, 6.07) is 8.32. The molecule has 1 aromatic carbocycles. The average Bonchev–Trinajstić information content (AvgIpc) is 2.89. The van der Waals surface area contributed by atoms with Crippen molar-refractivity contribution in [2.45, 2.75) is 25.8 Å². The van der Waals surface area contributed by atoms with Gasteiger partial charge < -0.3 is 20.6 Å². The van der Waals surface area contributed by atoms with Gasteiger partial charge in [0, 0.05) is 44.3 Å². The Labute approximate surface area is 178 Å². The van der Waals surface area contributed by atoms with E-state index in [4.69, 9.17) is 5.73 Å². The van der Waals surface area contributed by atoms with Gasteiger partial charge in [-0.05, 0) is 49.1 Å². The number of amides is 1. The highest BCUT2D eigenvalue weighted by molar-refractivity contribution is 5.85. The van der Waals surface area contributed by atoms with Crippen molar-refractivity contribution in [1.82, 2.24) is 9.88 Å². The Balaban J connectivity index is 0.00000196. The van der Waals surface area contributed by atoms with E-state index in [0.717, 1.165) is 37.2 Å². The second-order valence-corrected chi connectivity index (χ2v) is 6.81. The number of halogens is 2. The van der Waals surface area contributed by atoms with Gasteiger partial charge in [0.2, 0.25) is 5.91 Å². The molecule has 154 valence electrons. The zero-order valence-corrected chi connectivity index (χ0v) is 17.6. The van der Waals surface area contributed by atoms with Crippen LogP contribution in [-0.4, -0.2) is 53.1 Å². The van der Waals surface area contributed by atoms with E-state index in [1.807, 2.05) is 23.4 Å². The third-order valence-corrected chi connectivity index (χ3v) is 4.85. The molecule has 1 saturated heterocycles. The van der Waals surface area contributed by atoms with Crippen molar-refractivity contribution < 1.29 is 9.90 Å². The molecule has 6 nitrogen and oxygen atoms in total. The number of carbonyl (C=O) groups is 1. The maximum Gasteiger partial charge on any atom is 0.239 e. The van der Waals surface area contributed by atoms with Gasteiger partial charge in [-0.1, -0.05) is 12.1 Å². The topological polar surface area (TPSA) is 82.7 Å². The number of nitrogens with two attached hydrogens (primary N) is 1. The number of aromatic nitrogens is 1. The van der Waals surface area contributed by atoms with Crippen molar-refractivity contribution in [3.63, 3.8) is 0 Å². The molecular weight excluding hydrogens is 399 g/mol. The molecule has 3 N–H and O–H groups in total. The highest BCUT2D eigenvalue weighted by Crippen LogP contribution is 2.20. The van der Waals surface area contributed by atoms with Crippen molar-refractivity contribution in [2.24, 2.45) is 5.73 Å². The van der Waals surface area contributed by atoms with Crippen LogP contribution in [0.2, 0.25) is 0 Å². The van der Waals surface area contributed by atoms with Gasteiger partial charge in [-0.3, -0.25) is 9.78 Å². The van der Waals surface area contributed by atoms with Gasteiger partial charge in [0.05, 0.1) is 6.04 Å². The lowest BCUT2D eigenvalue weighted by molar-refractivity contribution is -0.132. The zero-order valence-electron chi connectivity index (χ0n) is 16.0. The van der Waals surface area contributed by atoms with Gasteiger partial charge in [-0.2, -0.15) is 0 Å². The molecule has 0 spiro atoms. The summed E-state index contributed by atoms with van der Waals surface area (Å²) < 4.78 is 0. The number of benzene rings is 1. The van der Waals surface area contributed by atoms with Crippen LogP contribution in [0, 0.1) is 6.92 Å². The lowest BCUT2D eigenvalue weighted by atomic mass is 10.1. The first kappa shape index (κ1) is 24.0. The van der Waals surface area contributed by atoms with Crippen molar-refractivity contribution in [3.05, 3.63) is 53.9 Å². The molecule has 28 heavy (non-hydrogen) atoms. The first-order chi connectivity index (χ1) is 12.5. The van der Waals surface area contributed by atoms with Crippen molar-refractivity contribution >= 4 is 36.4 Å². The molecule has 1 amide bonds. The van der Waals surface area contributed by atoms with Crippen molar-refractivity contribution in [2.75, 3.05) is 31.1 Å². The second kappa shape index (κ2) is 11.1. The largest absolute Gasteiger partial charge is 0.508 e. The Morgan fingerprint density at radius 2 is 1.86 bits per heavy atom. The molecule has 0 saturated carbocycles. The molecule has 1 aliphatic rings. The maximum absolute atomic E-state index is 12.8. The monoisotopic (exact) mass is 426 g/mol. The molecular formula is C20H28Cl2N4O2. The molecule has 2 aromatic rings. The van der Waals surface area contributed by atoms with Crippen LogP contribution in [0.4, 0.5) is 5.69 Å². The number of nitrogens with zero attached hydrogens (tertiary/aromatic N) is 3. The normalized spacial score (nSPS) is 15.1. The van der Waals surface area contributed by atoms with Crippen LogP contribution in [-0.2, 0) is 11.2 Å². The average molecular weight is 427 g/mol. The number of phenolic OH excluding ortho intramolecular Hbond substituents is 1. The number of hydrogen-bond donors (Lipinski definition) is 2. The number of aromatic hydroxyl groups is 1. The van der Waals surface area contributed by atoms with Crippen molar-refractivity contribution in [1.29, 1.82) is 0 Å². The fourth-order valence-electron chi connectivity index (χ4n) is 3.41. The molecule has 1 atom stereocenters. The van der Waals surface area contributed by atoms with Gasteiger partial charge in [0.15, 0.2) is 0 Å². The minimum absolute atomic E-state index is 0. The van der Waals surface area contributed by atoms with E-state index in [1.54, 1.807) is 24.3 Å². The number of pyridine rings is 1. The summed E-state index contributed by atoms with van der Waals surface area (Å²) >= 11 is 0. The van der Waals surface area contributed by atoms with E-state index in [1.165, 1.54) is 5.69 Å². The lowest BCUT2D eigenvalue weighted by Gasteiger charge is -2.26. The van der Waals surface area contributed by atoms with E-state index in [0.29, 0.717) is 13.0 Å². The summed E-state index contributed by atoms with van der Waals surface area (Å²) in [6.07, 6.45) is 5.07. The summed E-state index contributed by atoms with van der Waals surface area (Å²) in [6.45, 7) is 5.17. The Hall–Kier alpha value is -2.02. The number of hydrogen-bond acceptors (Lipinski definition) is 5. The summed E-state index contributed by atoms with van der Waals surface area (Å²) in [5.41, 5.74) is 9.45. The van der Waals surface area contributed by atoms with Crippen LogP contribution in [0.1, 0.15) is 17.5 Å². The number of rotatable bonds is 4. The van der Waals surface area contributed by atoms with Crippen molar-refractivity contribution in [3.8, 4) is 5.75 Å². The first-order valence-electron chi connectivity index (χ1n) is 9.02. The Bertz CT molecular complexity index is 758. The molecule has 1 fully saturated rings. The van der Waals surface area contributed by atoms with Crippen LogP contribution in [0.3, 0.4) is 0 Å². The predicted molar refractivity (Wildman–Crippen MR) is 117 cm³/mol. The third-order valence-electron chi connectivity index (χ3n) is 4.85. The van der Waals surface area contributed by atoms with Gasteiger partial charge in [-0.15, -0.1) is 24.8 Å². The summed E-state index contributed by atoms with van der Waals surface area (Å²) in [5, 5.41) is 9.36. The fourth-order valence-corrected chi connectivity index (χ4v) is 3.41. The molecule has 3 rings (SSSR count). The van der Waals surface area contributed by atoms with Gasteiger partial charge in [0.25, 0.3) is 0 Å². The number of aryl methyl sites for hydroxylation is 1. The van der Waals surface area contributed by atoms with E-state index >= 15 is 0 Å². The quantitative estimate of drug-likeness (QED) is 0.784. The molecule has 0 bridgehead atoms. The number of carbonyl (C=O) groups excluding carboxylic acids is 1. The predicted octanol–water partition coefficient (Wildman–Crippen LogP) is 2.55. The summed E-state index contributed by atoms with van der Waals surface area (Å²) in [4.78, 5) is 21.1. The van der Waals surface area contributed by atoms with Crippen LogP contribution < -0.4 is 10.6 Å². The zero-order chi connectivity index (χ0) is 18.5. The van der Waals surface area contributed by atoms with Crippen LogP contribution in [0.5, 0.6) is 5.75 Å². The molecule has 0 aliphatic carbocycles. The van der Waals surface area contributed by atoms with Crippen LogP contribution >= 0.6 is 24.8 Å². The number of anilines is 1. The molecule has 0 radical (unpaired) electrons. The van der Waals surface area contributed by atoms with Crippen LogP contribution in [0.25, 0.3) is 0 Å². The SMILES string of the molecule is Cc1cnccc1N1CCCN(C(=O)[C@@H](N)Cc2ccc(O)cc2)CC1.Cl.Cl. The van der Waals surface area contributed by atoms with Gasteiger partial charge in [-0.25, -0.2) is 0 Å². The molecule has 1 aliphatic heterocycles. The minimum Gasteiger partial charge on any atom is -0.508 e. The molecule has 2 heterocycles. The first-order valence-corrected chi connectivity index (χ1v) is 9.02. The minimum atomic E-state index is -0.561. The molecule has 1 aromatic heterocycles. The van der Waals surface area contributed by atoms with E-state index in [2.05, 4.69) is 16.8 Å². The third kappa shape index (κ3) is 5.99. The van der Waals surface area contributed by atoms with Crippen LogP contribution in [0.15, 0.2) is 42.7 Å². The molecule has 0 unspecified atom stereocenters. The number of phenols is 1. The fraction of sp³-hybridized carbons (Fsp3) is 0.400. The Morgan fingerprint density at radius 3 is 2.54 bits per heavy atom. The smallest absolute Gasteiger partial charge is 0.239 e. The molecule has 8 heteroatoms. The summed E-state index contributed by atoms with van der Waals surface area (Å²) in [5.74, 6) is 0.207. The Kier molecular flexibility index (Phi) is 9.52. The van der Waals surface area contributed by atoms with Gasteiger partial charge in [0.1, 0.15) is 5.75 Å². The van der Waals surface area contributed by atoms with E-state index in [-0.39, 0.29) is 36.5 Å². The standard InChI is InChI=1S/C20H26N4O2.2ClH/c1-15-14-22-8-7-19(15)23-9-2-10-24(12-11-23)20(26)18(21)13-16-3-5-17(25)6-4-16;;/h3-8,14,18,25H,2,9-13,21H2,1H3;2*1H/t18-;;/m0../s1. The van der Waals surface area contributed by atoms with Gasteiger partial charge >= 0.3 is 0 Å². The van der Waals surface area contributed by atoms with E-state index < -0.39 is 6.04 Å². The summed E-state index contributed by atoms with van der Waals surface area (Å²) in [7, 11) is 0. The highest BCUT2D eigenvalue weighted by Gasteiger charge is 2.24. The Morgan fingerprint density at radius 1 is 1.14 bits per heavy atom. The lowest BCUT2D eigenvalue weighted by Crippen LogP contribution is -2.46.